The Morgan fingerprint density at radius 3 is 2.26 bits per heavy atom. The second-order valence-corrected chi connectivity index (χ2v) is 9.92. The molecule has 2 aromatic rings. The molecule has 206 valence electrons. The van der Waals surface area contributed by atoms with Crippen molar-refractivity contribution in [1.82, 2.24) is 9.80 Å². The highest BCUT2D eigenvalue weighted by Crippen LogP contribution is 2.42. The Morgan fingerprint density at radius 2 is 1.66 bits per heavy atom. The number of ether oxygens (including phenoxy) is 3. The van der Waals surface area contributed by atoms with Gasteiger partial charge in [0.05, 0.1) is 31.4 Å². The fourth-order valence-corrected chi connectivity index (χ4v) is 4.28. The molecule has 1 atom stereocenters. The predicted octanol–water partition coefficient (Wildman–Crippen LogP) is 4.89. The van der Waals surface area contributed by atoms with E-state index in [0.717, 1.165) is 6.42 Å². The average Bonchev–Trinajstić information content (AvgIpc) is 3.13. The van der Waals surface area contributed by atoms with Gasteiger partial charge in [-0.2, -0.15) is 0 Å². The smallest absolute Gasteiger partial charge is 0.295 e. The number of ketones is 1. The standard InChI is InChI=1S/C30H40N2O6/c1-7-36-23-12-9-21(10-13-23)28(33)26-27(32(17-16-31(5)6)30(35)29(26)34)22-11-14-24(25(19-22)37-8-2)38-18-15-20(3)4/h9-14,19-20,27,33H,7-8,15-18H2,1-6H3. The van der Waals surface area contributed by atoms with E-state index in [4.69, 9.17) is 14.2 Å². The van der Waals surface area contributed by atoms with Crippen LogP contribution in [0.4, 0.5) is 0 Å². The van der Waals surface area contributed by atoms with E-state index in [9.17, 15) is 14.7 Å². The highest BCUT2D eigenvalue weighted by Gasteiger charge is 2.46. The van der Waals surface area contributed by atoms with Crippen LogP contribution in [0.1, 0.15) is 51.3 Å². The van der Waals surface area contributed by atoms with Gasteiger partial charge in [0, 0.05) is 18.7 Å². The number of likely N-dealkylation sites (tertiary alicyclic amines) is 1. The minimum atomic E-state index is -0.773. The molecule has 1 fully saturated rings. The van der Waals surface area contributed by atoms with Crippen molar-refractivity contribution in [2.75, 3.05) is 47.0 Å². The second-order valence-electron chi connectivity index (χ2n) is 9.92. The zero-order chi connectivity index (χ0) is 27.8. The number of Topliss-reactive ketones (excluding diaryl/α,β-unsaturated/α-hetero) is 1. The van der Waals surface area contributed by atoms with E-state index in [1.54, 1.807) is 30.3 Å². The fourth-order valence-electron chi connectivity index (χ4n) is 4.28. The van der Waals surface area contributed by atoms with Crippen molar-refractivity contribution in [2.24, 2.45) is 5.92 Å². The van der Waals surface area contributed by atoms with Crippen LogP contribution in [0.3, 0.4) is 0 Å². The first kappa shape index (κ1) is 29.0. The summed E-state index contributed by atoms with van der Waals surface area (Å²) in [5.41, 5.74) is 1.15. The largest absolute Gasteiger partial charge is 0.507 e. The topological polar surface area (TPSA) is 88.5 Å². The molecule has 0 aliphatic carbocycles. The Labute approximate surface area is 225 Å². The third-order valence-corrected chi connectivity index (χ3v) is 6.30. The fraction of sp³-hybridized carbons (Fsp3) is 0.467. The van der Waals surface area contributed by atoms with Crippen molar-refractivity contribution in [3.05, 3.63) is 59.2 Å². The molecule has 1 saturated heterocycles. The molecule has 1 unspecified atom stereocenters. The number of hydrogen-bond donors (Lipinski definition) is 1. The summed E-state index contributed by atoms with van der Waals surface area (Å²) in [6, 6.07) is 11.5. The highest BCUT2D eigenvalue weighted by molar-refractivity contribution is 6.46. The number of rotatable bonds is 13. The third-order valence-electron chi connectivity index (χ3n) is 6.30. The molecule has 0 bridgehead atoms. The maximum Gasteiger partial charge on any atom is 0.295 e. The number of amides is 1. The Kier molecular flexibility index (Phi) is 10.2. The molecule has 1 heterocycles. The summed E-state index contributed by atoms with van der Waals surface area (Å²) in [5.74, 6) is 0.722. The summed E-state index contributed by atoms with van der Waals surface area (Å²) < 4.78 is 17.4. The minimum Gasteiger partial charge on any atom is -0.507 e. The molecule has 0 spiro atoms. The first-order valence-corrected chi connectivity index (χ1v) is 13.2. The van der Waals surface area contributed by atoms with E-state index in [1.807, 2.05) is 45.0 Å². The molecule has 1 amide bonds. The average molecular weight is 525 g/mol. The quantitative estimate of drug-likeness (QED) is 0.227. The summed E-state index contributed by atoms with van der Waals surface area (Å²) in [7, 11) is 3.81. The van der Waals surface area contributed by atoms with Gasteiger partial charge < -0.3 is 29.1 Å². The number of likely N-dealkylation sites (N-methyl/N-ethyl adjacent to an activating group) is 1. The van der Waals surface area contributed by atoms with Crippen molar-refractivity contribution in [2.45, 2.75) is 40.2 Å². The van der Waals surface area contributed by atoms with Gasteiger partial charge >= 0.3 is 0 Å². The molecule has 1 aliphatic heterocycles. The molecule has 3 rings (SSSR count). The molecule has 0 aromatic heterocycles. The van der Waals surface area contributed by atoms with Gasteiger partial charge in [-0.15, -0.1) is 0 Å². The lowest BCUT2D eigenvalue weighted by molar-refractivity contribution is -0.140. The molecule has 38 heavy (non-hydrogen) atoms. The second kappa shape index (κ2) is 13.3. The van der Waals surface area contributed by atoms with Crippen molar-refractivity contribution in [3.63, 3.8) is 0 Å². The Morgan fingerprint density at radius 1 is 0.974 bits per heavy atom. The van der Waals surface area contributed by atoms with Crippen LogP contribution >= 0.6 is 0 Å². The van der Waals surface area contributed by atoms with Gasteiger partial charge in [-0.05, 0) is 82.2 Å². The first-order valence-electron chi connectivity index (χ1n) is 13.2. The van der Waals surface area contributed by atoms with Gasteiger partial charge in [-0.1, -0.05) is 19.9 Å². The first-order chi connectivity index (χ1) is 18.2. The van der Waals surface area contributed by atoms with Crippen molar-refractivity contribution in [3.8, 4) is 17.2 Å². The van der Waals surface area contributed by atoms with Crippen LogP contribution in [-0.4, -0.2) is 73.6 Å². The number of carbonyl (C=O) groups is 2. The highest BCUT2D eigenvalue weighted by atomic mass is 16.5. The molecular formula is C30H40N2O6. The van der Waals surface area contributed by atoms with Gasteiger partial charge in [0.15, 0.2) is 11.5 Å². The monoisotopic (exact) mass is 524 g/mol. The molecule has 0 radical (unpaired) electrons. The zero-order valence-electron chi connectivity index (χ0n) is 23.3. The predicted molar refractivity (Wildman–Crippen MR) is 148 cm³/mol. The van der Waals surface area contributed by atoms with E-state index >= 15 is 0 Å². The normalized spacial score (nSPS) is 16.9. The van der Waals surface area contributed by atoms with E-state index in [-0.39, 0.29) is 11.3 Å². The van der Waals surface area contributed by atoms with E-state index in [0.29, 0.717) is 67.2 Å². The summed E-state index contributed by atoms with van der Waals surface area (Å²) in [6.07, 6.45) is 0.903. The van der Waals surface area contributed by atoms with Crippen molar-refractivity contribution >= 4 is 17.4 Å². The van der Waals surface area contributed by atoms with Crippen LogP contribution in [0.15, 0.2) is 48.0 Å². The summed E-state index contributed by atoms with van der Waals surface area (Å²) in [4.78, 5) is 30.0. The van der Waals surface area contributed by atoms with Crippen LogP contribution in [0.25, 0.3) is 5.76 Å². The molecule has 1 N–H and O–H groups in total. The number of aliphatic hydroxyl groups excluding tert-OH is 1. The summed E-state index contributed by atoms with van der Waals surface area (Å²) in [5, 5.41) is 11.3. The summed E-state index contributed by atoms with van der Waals surface area (Å²) >= 11 is 0. The lowest BCUT2D eigenvalue weighted by Gasteiger charge is -2.27. The van der Waals surface area contributed by atoms with Crippen molar-refractivity contribution in [1.29, 1.82) is 0 Å². The molecule has 0 saturated carbocycles. The van der Waals surface area contributed by atoms with Crippen molar-refractivity contribution < 1.29 is 28.9 Å². The molecule has 2 aromatic carbocycles. The number of carbonyl (C=O) groups excluding carboxylic acids is 2. The van der Waals surface area contributed by atoms with E-state index < -0.39 is 17.7 Å². The lowest BCUT2D eigenvalue weighted by Crippen LogP contribution is -2.35. The minimum absolute atomic E-state index is 0.0499. The molecule has 1 aliphatic rings. The third kappa shape index (κ3) is 6.86. The van der Waals surface area contributed by atoms with Crippen LogP contribution in [0.2, 0.25) is 0 Å². The van der Waals surface area contributed by atoms with E-state index in [1.165, 1.54) is 4.90 Å². The van der Waals surface area contributed by atoms with Crippen LogP contribution in [0, 0.1) is 5.92 Å². The lowest BCUT2D eigenvalue weighted by atomic mass is 9.95. The Bertz CT molecular complexity index is 1140. The van der Waals surface area contributed by atoms with Crippen LogP contribution in [-0.2, 0) is 9.59 Å². The Hall–Kier alpha value is -3.52. The van der Waals surface area contributed by atoms with Gasteiger partial charge in [-0.25, -0.2) is 0 Å². The maximum atomic E-state index is 13.3. The SMILES string of the molecule is CCOc1ccc(C(O)=C2C(=O)C(=O)N(CCN(C)C)C2c2ccc(OCCC(C)C)c(OCC)c2)cc1. The number of benzene rings is 2. The zero-order valence-corrected chi connectivity index (χ0v) is 23.3. The van der Waals surface area contributed by atoms with E-state index in [2.05, 4.69) is 13.8 Å². The van der Waals surface area contributed by atoms with Gasteiger partial charge in [0.1, 0.15) is 11.5 Å². The van der Waals surface area contributed by atoms with Crippen LogP contribution < -0.4 is 14.2 Å². The maximum absolute atomic E-state index is 13.3. The number of nitrogens with zero attached hydrogens (tertiary/aromatic N) is 2. The van der Waals surface area contributed by atoms with Gasteiger partial charge in [-0.3, -0.25) is 9.59 Å². The summed E-state index contributed by atoms with van der Waals surface area (Å²) in [6.45, 7) is 10.4. The number of aliphatic hydroxyl groups is 1. The number of hydrogen-bond acceptors (Lipinski definition) is 7. The van der Waals surface area contributed by atoms with Gasteiger partial charge in [0.25, 0.3) is 11.7 Å². The Balaban J connectivity index is 2.08. The van der Waals surface area contributed by atoms with Gasteiger partial charge in [0.2, 0.25) is 0 Å². The van der Waals surface area contributed by atoms with Crippen LogP contribution in [0.5, 0.6) is 17.2 Å². The molecule has 8 heteroatoms. The molecule has 8 nitrogen and oxygen atoms in total. The molecular weight excluding hydrogens is 484 g/mol.